The van der Waals surface area contributed by atoms with Gasteiger partial charge in [0.05, 0.1) is 22.0 Å². The highest BCUT2D eigenvalue weighted by atomic mass is 35.5. The maximum Gasteiger partial charge on any atom is 0.283 e. The molecule has 5 rings (SSSR count). The lowest BCUT2D eigenvalue weighted by Gasteiger charge is -2.32. The molecule has 0 spiro atoms. The van der Waals surface area contributed by atoms with Crippen molar-refractivity contribution in [3.63, 3.8) is 0 Å². The molecular weight excluding hydrogens is 533 g/mol. The number of likely N-dealkylation sites (tertiary alicyclic amines) is 1. The highest BCUT2D eigenvalue weighted by Crippen LogP contribution is 2.35. The second kappa shape index (κ2) is 11.6. The molecule has 0 saturated carbocycles. The van der Waals surface area contributed by atoms with Gasteiger partial charge in [0, 0.05) is 18.0 Å². The Morgan fingerprint density at radius 1 is 1.00 bits per heavy atom. The van der Waals surface area contributed by atoms with Crippen LogP contribution >= 0.6 is 35.6 Å². The van der Waals surface area contributed by atoms with Crippen LogP contribution in [0.1, 0.15) is 57.4 Å². The quantitative estimate of drug-likeness (QED) is 0.211. The van der Waals surface area contributed by atoms with Gasteiger partial charge < -0.3 is 18.5 Å². The summed E-state index contributed by atoms with van der Waals surface area (Å²) in [5, 5.41) is 10.5. The Kier molecular flexibility index (Phi) is 8.74. The van der Waals surface area contributed by atoms with E-state index in [0.717, 1.165) is 55.6 Å². The summed E-state index contributed by atoms with van der Waals surface area (Å²) in [6, 6.07) is 13.8. The first-order valence-corrected chi connectivity index (χ1v) is 13.2. The monoisotopic (exact) mass is 563 g/mol. The van der Waals surface area contributed by atoms with Crippen LogP contribution in [0.3, 0.4) is 0 Å². The van der Waals surface area contributed by atoms with E-state index in [1.165, 1.54) is 5.56 Å². The maximum atomic E-state index is 6.21. The van der Waals surface area contributed by atoms with Crippen molar-refractivity contribution in [2.24, 2.45) is 0 Å². The Balaban J connectivity index is 0.00000320. The largest absolute Gasteiger partial charge is 0.493 e. The molecule has 0 radical (unpaired) electrons. The van der Waals surface area contributed by atoms with Gasteiger partial charge in [-0.2, -0.15) is 0 Å². The van der Waals surface area contributed by atoms with E-state index >= 15 is 0 Å². The second-order valence-electron chi connectivity index (χ2n) is 10.4. The van der Waals surface area contributed by atoms with Gasteiger partial charge >= 0.3 is 0 Å². The summed E-state index contributed by atoms with van der Waals surface area (Å²) in [5.74, 6) is 2.85. The molecular formula is C28H32Cl3N3O3. The predicted octanol–water partition coefficient (Wildman–Crippen LogP) is 8.16. The number of hydrogen-bond acceptors (Lipinski definition) is 6. The Bertz CT molecular complexity index is 1340. The van der Waals surface area contributed by atoms with Gasteiger partial charge in [-0.3, -0.25) is 0 Å². The zero-order chi connectivity index (χ0) is 25.3. The summed E-state index contributed by atoms with van der Waals surface area (Å²) in [7, 11) is 0. The molecule has 6 nitrogen and oxygen atoms in total. The lowest BCUT2D eigenvalue weighted by molar-refractivity contribution is 0.193. The number of nitrogens with zero attached hydrogens (tertiary/aromatic N) is 3. The Labute approximate surface area is 233 Å². The first-order chi connectivity index (χ1) is 17.3. The third kappa shape index (κ3) is 6.43. The molecule has 9 heteroatoms. The van der Waals surface area contributed by atoms with E-state index in [4.69, 9.17) is 36.8 Å². The number of halogens is 3. The van der Waals surface area contributed by atoms with Crippen molar-refractivity contribution in [1.82, 2.24) is 15.1 Å². The van der Waals surface area contributed by atoms with Gasteiger partial charge in [-0.05, 0) is 68.1 Å². The van der Waals surface area contributed by atoms with Gasteiger partial charge in [-0.1, -0.05) is 56.1 Å². The molecule has 0 unspecified atom stereocenters. The summed E-state index contributed by atoms with van der Waals surface area (Å²) >= 11 is 12.3. The third-order valence-electron chi connectivity index (χ3n) is 6.68. The fourth-order valence-corrected chi connectivity index (χ4v) is 4.92. The molecule has 0 atom stereocenters. The summed E-state index contributed by atoms with van der Waals surface area (Å²) in [4.78, 5) is 2.51. The number of piperidine rings is 1. The van der Waals surface area contributed by atoms with E-state index in [-0.39, 0.29) is 17.8 Å². The predicted molar refractivity (Wildman–Crippen MR) is 150 cm³/mol. The van der Waals surface area contributed by atoms with E-state index < -0.39 is 0 Å². The van der Waals surface area contributed by atoms with Crippen LogP contribution in [0.25, 0.3) is 22.6 Å². The lowest BCUT2D eigenvalue weighted by atomic mass is 9.89. The molecule has 1 aliphatic heterocycles. The van der Waals surface area contributed by atoms with Crippen molar-refractivity contribution in [3.8, 4) is 17.4 Å². The molecule has 1 fully saturated rings. The first-order valence-electron chi connectivity index (χ1n) is 12.4. The summed E-state index contributed by atoms with van der Waals surface area (Å²) in [6.45, 7) is 9.91. The lowest BCUT2D eigenvalue weighted by Crippen LogP contribution is -2.34. The molecule has 198 valence electrons. The minimum atomic E-state index is -0.218. The molecule has 3 heterocycles. The van der Waals surface area contributed by atoms with Crippen molar-refractivity contribution in [3.05, 3.63) is 64.0 Å². The number of benzene rings is 2. The fourth-order valence-electron chi connectivity index (χ4n) is 4.62. The van der Waals surface area contributed by atoms with Crippen molar-refractivity contribution >= 4 is 46.6 Å². The van der Waals surface area contributed by atoms with Crippen LogP contribution < -0.4 is 4.74 Å². The van der Waals surface area contributed by atoms with Gasteiger partial charge in [0.15, 0.2) is 5.76 Å². The van der Waals surface area contributed by atoms with E-state index in [0.29, 0.717) is 40.1 Å². The SMILES string of the molecule is CC(C)(C)c1nnc(-c2cc3c(OCCCN4CCC(c5ccc(Cl)c(Cl)c5)CC4)cccc3o2)o1.Cl. The molecule has 2 aromatic heterocycles. The van der Waals surface area contributed by atoms with Crippen molar-refractivity contribution in [2.75, 3.05) is 26.2 Å². The smallest absolute Gasteiger partial charge is 0.283 e. The van der Waals surface area contributed by atoms with Gasteiger partial charge in [-0.25, -0.2) is 0 Å². The zero-order valence-corrected chi connectivity index (χ0v) is 23.6. The molecule has 1 aliphatic rings. The number of hydrogen-bond donors (Lipinski definition) is 0. The standard InChI is InChI=1S/C28H31Cl2N3O3.ClH/c1-28(2,3)27-32-31-26(36-27)25-17-20-23(6-4-7-24(20)35-25)34-15-5-12-33-13-10-18(11-14-33)19-8-9-21(29)22(30)16-19;/h4,6-9,16-18H,5,10-15H2,1-3H3;1H. The van der Waals surface area contributed by atoms with Gasteiger partial charge in [0.25, 0.3) is 5.89 Å². The van der Waals surface area contributed by atoms with Crippen molar-refractivity contribution < 1.29 is 13.6 Å². The molecule has 0 aliphatic carbocycles. The van der Waals surface area contributed by atoms with Crippen LogP contribution in [0, 0.1) is 0 Å². The van der Waals surface area contributed by atoms with Crippen LogP contribution in [0.2, 0.25) is 10.0 Å². The highest BCUT2D eigenvalue weighted by molar-refractivity contribution is 6.42. The first kappa shape index (κ1) is 27.8. The van der Waals surface area contributed by atoms with Crippen LogP contribution in [0.15, 0.2) is 51.3 Å². The second-order valence-corrected chi connectivity index (χ2v) is 11.2. The molecule has 37 heavy (non-hydrogen) atoms. The van der Waals surface area contributed by atoms with Crippen molar-refractivity contribution in [2.45, 2.75) is 51.4 Å². The number of ether oxygens (including phenoxy) is 1. The van der Waals surface area contributed by atoms with Crippen LogP contribution in [0.5, 0.6) is 5.75 Å². The Morgan fingerprint density at radius 3 is 2.49 bits per heavy atom. The molecule has 2 aromatic carbocycles. The van der Waals surface area contributed by atoms with E-state index in [1.807, 2.05) is 57.2 Å². The summed E-state index contributed by atoms with van der Waals surface area (Å²) in [6.07, 6.45) is 3.21. The summed E-state index contributed by atoms with van der Waals surface area (Å²) < 4.78 is 18.0. The molecule has 0 amide bonds. The average Bonchev–Trinajstić information content (AvgIpc) is 3.52. The van der Waals surface area contributed by atoms with Crippen molar-refractivity contribution in [1.29, 1.82) is 0 Å². The normalized spacial score (nSPS) is 15.2. The number of fused-ring (bicyclic) bond motifs is 1. The highest BCUT2D eigenvalue weighted by Gasteiger charge is 2.24. The Morgan fingerprint density at radius 2 is 1.78 bits per heavy atom. The topological polar surface area (TPSA) is 64.5 Å². The van der Waals surface area contributed by atoms with Crippen LogP contribution in [-0.2, 0) is 5.41 Å². The molecule has 4 aromatic rings. The third-order valence-corrected chi connectivity index (χ3v) is 7.42. The molecule has 0 bridgehead atoms. The minimum absolute atomic E-state index is 0. The Hall–Kier alpha value is -2.25. The summed E-state index contributed by atoms with van der Waals surface area (Å²) in [5.41, 5.74) is 1.81. The van der Waals surface area contributed by atoms with Gasteiger partial charge in [-0.15, -0.1) is 22.6 Å². The average molecular weight is 565 g/mol. The minimum Gasteiger partial charge on any atom is -0.493 e. The number of furan rings is 1. The van der Waals surface area contributed by atoms with Crippen LogP contribution in [0.4, 0.5) is 0 Å². The maximum absolute atomic E-state index is 6.21. The van der Waals surface area contributed by atoms with E-state index in [1.54, 1.807) is 0 Å². The van der Waals surface area contributed by atoms with Gasteiger partial charge in [0.1, 0.15) is 11.3 Å². The number of aromatic nitrogens is 2. The van der Waals surface area contributed by atoms with Crippen LogP contribution in [-0.4, -0.2) is 41.3 Å². The molecule has 0 N–H and O–H groups in total. The van der Waals surface area contributed by atoms with E-state index in [2.05, 4.69) is 21.2 Å². The number of rotatable bonds is 7. The fraction of sp³-hybridized carbons (Fsp3) is 0.429. The van der Waals surface area contributed by atoms with Gasteiger partial charge in [0.2, 0.25) is 5.89 Å². The molecule has 1 saturated heterocycles. The van der Waals surface area contributed by atoms with E-state index in [9.17, 15) is 0 Å². The zero-order valence-electron chi connectivity index (χ0n) is 21.3.